The maximum Gasteiger partial charge on any atom is 0.176 e. The number of para-hydroxylation sites is 1. The number of aromatic nitrogens is 2. The Labute approximate surface area is 141 Å². The minimum Gasteiger partial charge on any atom is -0.493 e. The van der Waals surface area contributed by atoms with Crippen molar-refractivity contribution in [3.05, 3.63) is 48.0 Å². The molecule has 0 radical (unpaired) electrons. The van der Waals surface area contributed by atoms with Crippen molar-refractivity contribution >= 4 is 11.0 Å². The molecule has 0 unspecified atom stereocenters. The van der Waals surface area contributed by atoms with E-state index in [0.717, 1.165) is 22.3 Å². The highest BCUT2D eigenvalue weighted by atomic mass is 16.5. The average molecular weight is 329 g/mol. The van der Waals surface area contributed by atoms with Gasteiger partial charge in [0.05, 0.1) is 19.3 Å². The molecule has 3 aromatic rings. The van der Waals surface area contributed by atoms with Crippen molar-refractivity contribution in [2.75, 3.05) is 13.7 Å². The van der Waals surface area contributed by atoms with Crippen LogP contribution in [0, 0.1) is 0 Å². The molecular formula is C18H23N3O3. The molecule has 2 N–H and O–H groups in total. The Bertz CT molecular complexity index is 835. The smallest absolute Gasteiger partial charge is 0.176 e. The van der Waals surface area contributed by atoms with E-state index in [0.29, 0.717) is 12.3 Å². The van der Waals surface area contributed by atoms with E-state index in [1.165, 1.54) is 0 Å². The minimum atomic E-state index is -1.01. The van der Waals surface area contributed by atoms with Crippen LogP contribution in [0.3, 0.4) is 0 Å². The van der Waals surface area contributed by atoms with Crippen LogP contribution in [0.15, 0.2) is 41.1 Å². The second kappa shape index (κ2) is 6.30. The van der Waals surface area contributed by atoms with Gasteiger partial charge in [-0.3, -0.25) is 4.68 Å². The maximum atomic E-state index is 10.7. The second-order valence-electron chi connectivity index (χ2n) is 6.31. The van der Waals surface area contributed by atoms with Crippen LogP contribution in [-0.2, 0) is 12.6 Å². The van der Waals surface area contributed by atoms with Gasteiger partial charge in [-0.15, -0.1) is 0 Å². The van der Waals surface area contributed by atoms with Gasteiger partial charge in [-0.25, -0.2) is 0 Å². The largest absolute Gasteiger partial charge is 0.493 e. The van der Waals surface area contributed by atoms with Gasteiger partial charge in [-0.2, -0.15) is 5.10 Å². The summed E-state index contributed by atoms with van der Waals surface area (Å²) in [7, 11) is 3.46. The number of rotatable bonds is 6. The number of fused-ring (bicyclic) bond motifs is 1. The first-order chi connectivity index (χ1) is 11.4. The summed E-state index contributed by atoms with van der Waals surface area (Å²) in [6.07, 6.45) is 3.50. The van der Waals surface area contributed by atoms with E-state index in [1.54, 1.807) is 24.9 Å². The van der Waals surface area contributed by atoms with Crippen molar-refractivity contribution in [3.8, 4) is 5.75 Å². The van der Waals surface area contributed by atoms with Gasteiger partial charge in [0, 0.05) is 30.7 Å². The van der Waals surface area contributed by atoms with Crippen molar-refractivity contribution in [1.29, 1.82) is 0 Å². The first-order valence-corrected chi connectivity index (χ1v) is 7.92. The molecule has 6 heteroatoms. The predicted octanol–water partition coefficient (Wildman–Crippen LogP) is 2.73. The number of methoxy groups -OCH3 is 1. The zero-order valence-electron chi connectivity index (χ0n) is 14.4. The lowest BCUT2D eigenvalue weighted by Gasteiger charge is -2.24. The highest BCUT2D eigenvalue weighted by Gasteiger charge is 2.26. The molecule has 0 amide bonds. The fourth-order valence-electron chi connectivity index (χ4n) is 2.68. The number of nitrogens with zero attached hydrogens (tertiary/aromatic N) is 2. The molecule has 0 spiro atoms. The number of aryl methyl sites for hydroxylation is 1. The average Bonchev–Trinajstić information content (AvgIpc) is 3.18. The molecular weight excluding hydrogens is 306 g/mol. The molecule has 3 rings (SSSR count). The normalized spacial score (nSPS) is 15.4. The molecule has 24 heavy (non-hydrogen) atoms. The number of ether oxygens (including phenoxy) is 1. The molecule has 0 fully saturated rings. The highest BCUT2D eigenvalue weighted by Crippen LogP contribution is 2.31. The summed E-state index contributed by atoms with van der Waals surface area (Å²) >= 11 is 0. The molecule has 1 aromatic carbocycles. The predicted molar refractivity (Wildman–Crippen MR) is 92.0 cm³/mol. The van der Waals surface area contributed by atoms with E-state index in [9.17, 15) is 5.11 Å². The Morgan fingerprint density at radius 2 is 2.25 bits per heavy atom. The third-order valence-corrected chi connectivity index (χ3v) is 4.25. The van der Waals surface area contributed by atoms with Crippen LogP contribution in [0.2, 0.25) is 0 Å². The monoisotopic (exact) mass is 329 g/mol. The van der Waals surface area contributed by atoms with Gasteiger partial charge in [0.1, 0.15) is 11.4 Å². The van der Waals surface area contributed by atoms with Gasteiger partial charge < -0.3 is 19.6 Å². The van der Waals surface area contributed by atoms with Gasteiger partial charge in [-0.05, 0) is 26.0 Å². The van der Waals surface area contributed by atoms with E-state index < -0.39 is 5.60 Å². The van der Waals surface area contributed by atoms with Crippen LogP contribution in [0.4, 0.5) is 0 Å². The number of hydrogen-bond donors (Lipinski definition) is 2. The van der Waals surface area contributed by atoms with Crippen LogP contribution in [0.1, 0.15) is 31.2 Å². The van der Waals surface area contributed by atoms with Gasteiger partial charge in [-0.1, -0.05) is 12.1 Å². The second-order valence-corrected chi connectivity index (χ2v) is 6.31. The van der Waals surface area contributed by atoms with Crippen LogP contribution in [0.25, 0.3) is 11.0 Å². The lowest BCUT2D eigenvalue weighted by molar-refractivity contribution is 0.0536. The van der Waals surface area contributed by atoms with Crippen molar-refractivity contribution in [2.45, 2.75) is 25.5 Å². The molecule has 0 bridgehead atoms. The van der Waals surface area contributed by atoms with E-state index in [4.69, 9.17) is 9.15 Å². The van der Waals surface area contributed by atoms with Crippen molar-refractivity contribution < 1.29 is 14.3 Å². The Balaban J connectivity index is 1.74. The van der Waals surface area contributed by atoms with Crippen LogP contribution in [0.5, 0.6) is 5.75 Å². The summed E-state index contributed by atoms with van der Waals surface area (Å²) in [5.74, 6) is 1.52. The number of furan rings is 1. The highest BCUT2D eigenvalue weighted by molar-refractivity contribution is 5.83. The number of aliphatic hydroxyl groups is 1. The number of nitrogens with one attached hydrogen (secondary N) is 1. The summed E-state index contributed by atoms with van der Waals surface area (Å²) < 4.78 is 13.0. The third kappa shape index (κ3) is 3.16. The maximum absolute atomic E-state index is 10.7. The Morgan fingerprint density at radius 1 is 1.46 bits per heavy atom. The Kier molecular flexibility index (Phi) is 4.34. The van der Waals surface area contributed by atoms with Crippen molar-refractivity contribution in [2.24, 2.45) is 7.05 Å². The molecule has 6 nitrogen and oxygen atoms in total. The molecule has 128 valence electrons. The zero-order chi connectivity index (χ0) is 17.3. The Morgan fingerprint density at radius 3 is 2.92 bits per heavy atom. The summed E-state index contributed by atoms with van der Waals surface area (Å²) in [6, 6.07) is 7.75. The lowest BCUT2D eigenvalue weighted by atomic mass is 9.99. The summed E-state index contributed by atoms with van der Waals surface area (Å²) in [5.41, 5.74) is 0.505. The van der Waals surface area contributed by atoms with Crippen molar-refractivity contribution in [3.63, 3.8) is 0 Å². The summed E-state index contributed by atoms with van der Waals surface area (Å²) in [4.78, 5) is 0. The quantitative estimate of drug-likeness (QED) is 0.727. The topological polar surface area (TPSA) is 72.4 Å². The third-order valence-electron chi connectivity index (χ3n) is 4.25. The van der Waals surface area contributed by atoms with Crippen LogP contribution < -0.4 is 10.1 Å². The van der Waals surface area contributed by atoms with Gasteiger partial charge >= 0.3 is 0 Å². The molecule has 0 aliphatic heterocycles. The van der Waals surface area contributed by atoms with Crippen molar-refractivity contribution in [1.82, 2.24) is 15.1 Å². The van der Waals surface area contributed by atoms with Gasteiger partial charge in [0.15, 0.2) is 11.3 Å². The molecule has 0 saturated carbocycles. The summed E-state index contributed by atoms with van der Waals surface area (Å²) in [5, 5.41) is 19.1. The molecule has 0 aliphatic carbocycles. The van der Waals surface area contributed by atoms with Gasteiger partial charge in [0.25, 0.3) is 0 Å². The molecule has 0 saturated heterocycles. The molecule has 2 aromatic heterocycles. The Hall–Kier alpha value is -2.31. The van der Waals surface area contributed by atoms with Crippen LogP contribution in [-0.4, -0.2) is 28.5 Å². The SMILES string of the molecule is COc1cccc2cc([C@H](C)NC[C@](C)(O)c3cnn(C)c3)oc12. The van der Waals surface area contributed by atoms with E-state index in [-0.39, 0.29) is 6.04 Å². The number of hydrogen-bond acceptors (Lipinski definition) is 5. The first kappa shape index (κ1) is 16.5. The number of benzene rings is 1. The first-order valence-electron chi connectivity index (χ1n) is 7.92. The lowest BCUT2D eigenvalue weighted by Crippen LogP contribution is -2.36. The van der Waals surface area contributed by atoms with E-state index in [2.05, 4.69) is 10.4 Å². The minimum absolute atomic E-state index is 0.0507. The fraction of sp³-hybridized carbons (Fsp3) is 0.389. The molecule has 2 atom stereocenters. The fourth-order valence-corrected chi connectivity index (χ4v) is 2.68. The summed E-state index contributed by atoms with van der Waals surface area (Å²) in [6.45, 7) is 4.16. The standard InChI is InChI=1S/C18H23N3O3/c1-12(19-11-18(2,22)14-9-20-21(3)10-14)16-8-13-6-5-7-15(23-4)17(13)24-16/h5-10,12,19,22H,11H2,1-4H3/t12-,18-/m0/s1. The molecule has 0 aliphatic rings. The van der Waals surface area contributed by atoms with E-state index in [1.807, 2.05) is 44.4 Å². The van der Waals surface area contributed by atoms with Crippen LogP contribution >= 0.6 is 0 Å². The molecule has 2 heterocycles. The van der Waals surface area contributed by atoms with Gasteiger partial charge in [0.2, 0.25) is 0 Å². The van der Waals surface area contributed by atoms with E-state index >= 15 is 0 Å². The zero-order valence-corrected chi connectivity index (χ0v) is 14.4.